The number of piperidine rings is 1. The number of rotatable bonds is 3. The minimum atomic E-state index is 0.130. The maximum Gasteiger partial charge on any atom is 0.257 e. The summed E-state index contributed by atoms with van der Waals surface area (Å²) >= 11 is 0. The molecule has 2 amide bonds. The summed E-state index contributed by atoms with van der Waals surface area (Å²) in [6, 6.07) is 0. The van der Waals surface area contributed by atoms with Crippen molar-refractivity contribution in [2.45, 2.75) is 52.4 Å². The zero-order valence-electron chi connectivity index (χ0n) is 17.6. The van der Waals surface area contributed by atoms with E-state index in [1.807, 2.05) is 18.9 Å². The average Bonchev–Trinajstić information content (AvgIpc) is 3.41. The standard InChI is InChI=1S/C22H34N4O2/c1-15-13-19(15)21(27)26-11-7-18(8-12-26)17-5-4-9-25(10-6-17)22(28)20-14-23-24(3)16(20)2/h14-15,17-19H,4-13H2,1-3H3/t15-,17?,19-/m0/s1. The normalized spacial score (nSPS) is 28.9. The summed E-state index contributed by atoms with van der Waals surface area (Å²) < 4.78 is 1.77. The van der Waals surface area contributed by atoms with Crippen molar-refractivity contribution in [3.05, 3.63) is 17.5 Å². The highest BCUT2D eigenvalue weighted by Gasteiger charge is 2.42. The highest BCUT2D eigenvalue weighted by atomic mass is 16.2. The molecule has 2 aliphatic heterocycles. The molecule has 0 aromatic carbocycles. The third-order valence-electron chi connectivity index (χ3n) is 7.47. The number of carbonyl (C=O) groups is 2. The molecule has 3 heterocycles. The maximum absolute atomic E-state index is 12.9. The molecular formula is C22H34N4O2. The third-order valence-corrected chi connectivity index (χ3v) is 7.47. The number of likely N-dealkylation sites (tertiary alicyclic amines) is 2. The first-order valence-electron chi connectivity index (χ1n) is 11.0. The van der Waals surface area contributed by atoms with Gasteiger partial charge in [0.15, 0.2) is 0 Å². The number of hydrogen-bond donors (Lipinski definition) is 0. The summed E-state index contributed by atoms with van der Waals surface area (Å²) in [6.45, 7) is 7.69. The summed E-state index contributed by atoms with van der Waals surface area (Å²) in [4.78, 5) is 29.5. The van der Waals surface area contributed by atoms with E-state index in [1.165, 1.54) is 6.42 Å². The van der Waals surface area contributed by atoms with Crippen LogP contribution in [0, 0.1) is 30.6 Å². The van der Waals surface area contributed by atoms with Gasteiger partial charge in [0.1, 0.15) is 0 Å². The fourth-order valence-electron chi connectivity index (χ4n) is 5.17. The summed E-state index contributed by atoms with van der Waals surface area (Å²) in [5.74, 6) is 2.82. The van der Waals surface area contributed by atoms with E-state index < -0.39 is 0 Å². The van der Waals surface area contributed by atoms with Crippen LogP contribution in [-0.4, -0.2) is 57.6 Å². The molecule has 28 heavy (non-hydrogen) atoms. The smallest absolute Gasteiger partial charge is 0.257 e. The van der Waals surface area contributed by atoms with Gasteiger partial charge in [-0.3, -0.25) is 14.3 Å². The van der Waals surface area contributed by atoms with Crippen LogP contribution >= 0.6 is 0 Å². The lowest BCUT2D eigenvalue weighted by Gasteiger charge is -2.36. The highest BCUT2D eigenvalue weighted by molar-refractivity contribution is 5.95. The Balaban J connectivity index is 1.29. The Kier molecular flexibility index (Phi) is 5.48. The van der Waals surface area contributed by atoms with Gasteiger partial charge in [0.05, 0.1) is 11.8 Å². The van der Waals surface area contributed by atoms with Gasteiger partial charge >= 0.3 is 0 Å². The number of nitrogens with zero attached hydrogens (tertiary/aromatic N) is 4. The fourth-order valence-corrected chi connectivity index (χ4v) is 5.17. The largest absolute Gasteiger partial charge is 0.342 e. The molecule has 2 saturated heterocycles. The zero-order valence-corrected chi connectivity index (χ0v) is 17.6. The third kappa shape index (κ3) is 3.83. The molecule has 0 spiro atoms. The number of carbonyl (C=O) groups excluding carboxylic acids is 2. The van der Waals surface area contributed by atoms with Crippen LogP contribution in [0.4, 0.5) is 0 Å². The zero-order chi connectivity index (χ0) is 19.8. The van der Waals surface area contributed by atoms with Gasteiger partial charge in [-0.25, -0.2) is 0 Å². The molecule has 4 rings (SSSR count). The SMILES string of the molecule is Cc1c(C(=O)N2CCCC(C3CCN(C(=O)[C@H]4C[C@@H]4C)CC3)CC2)cnn1C. The second-order valence-electron chi connectivity index (χ2n) is 9.23. The molecule has 3 fully saturated rings. The molecule has 3 aliphatic rings. The molecule has 0 N–H and O–H groups in total. The van der Waals surface area contributed by atoms with Crippen LogP contribution in [-0.2, 0) is 11.8 Å². The molecule has 6 nitrogen and oxygen atoms in total. The monoisotopic (exact) mass is 386 g/mol. The van der Waals surface area contributed by atoms with Gasteiger partial charge in [-0.1, -0.05) is 6.92 Å². The summed E-state index contributed by atoms with van der Waals surface area (Å²) in [5, 5.41) is 4.22. The van der Waals surface area contributed by atoms with Gasteiger partial charge < -0.3 is 9.80 Å². The lowest BCUT2D eigenvalue weighted by atomic mass is 9.80. The minimum Gasteiger partial charge on any atom is -0.342 e. The van der Waals surface area contributed by atoms with Crippen molar-refractivity contribution < 1.29 is 9.59 Å². The van der Waals surface area contributed by atoms with Crippen molar-refractivity contribution in [3.63, 3.8) is 0 Å². The predicted molar refractivity (Wildman–Crippen MR) is 108 cm³/mol. The van der Waals surface area contributed by atoms with Crippen LogP contribution in [0.2, 0.25) is 0 Å². The number of aryl methyl sites for hydroxylation is 1. The Morgan fingerprint density at radius 3 is 2.18 bits per heavy atom. The van der Waals surface area contributed by atoms with Crippen LogP contribution in [0.1, 0.15) is 61.5 Å². The van der Waals surface area contributed by atoms with Crippen LogP contribution < -0.4 is 0 Å². The maximum atomic E-state index is 12.9. The second kappa shape index (κ2) is 7.88. The Bertz CT molecular complexity index is 735. The lowest BCUT2D eigenvalue weighted by molar-refractivity contribution is -0.134. The van der Waals surface area contributed by atoms with E-state index in [1.54, 1.807) is 10.9 Å². The predicted octanol–water partition coefficient (Wildman–Crippen LogP) is 2.87. The molecule has 3 atom stereocenters. The summed E-state index contributed by atoms with van der Waals surface area (Å²) in [6.07, 6.45) is 8.42. The van der Waals surface area contributed by atoms with Gasteiger partial charge in [0.25, 0.3) is 5.91 Å². The molecule has 1 unspecified atom stereocenters. The first-order valence-corrected chi connectivity index (χ1v) is 11.0. The fraction of sp³-hybridized carbons (Fsp3) is 0.773. The van der Waals surface area contributed by atoms with Crippen LogP contribution in [0.25, 0.3) is 0 Å². The van der Waals surface area contributed by atoms with Gasteiger partial charge in [-0.2, -0.15) is 5.10 Å². The van der Waals surface area contributed by atoms with Crippen molar-refractivity contribution in [1.82, 2.24) is 19.6 Å². The Labute approximate surface area is 168 Å². The van der Waals surface area contributed by atoms with Crippen LogP contribution in [0.15, 0.2) is 6.20 Å². The second-order valence-corrected chi connectivity index (χ2v) is 9.23. The first-order chi connectivity index (χ1) is 13.5. The molecule has 1 aromatic heterocycles. The highest BCUT2D eigenvalue weighted by Crippen LogP contribution is 2.40. The minimum absolute atomic E-state index is 0.130. The summed E-state index contributed by atoms with van der Waals surface area (Å²) in [5.41, 5.74) is 1.68. The average molecular weight is 387 g/mol. The summed E-state index contributed by atoms with van der Waals surface area (Å²) in [7, 11) is 1.88. The molecule has 1 aliphatic carbocycles. The van der Waals surface area contributed by atoms with Crippen LogP contribution in [0.5, 0.6) is 0 Å². The van der Waals surface area contributed by atoms with Gasteiger partial charge in [0.2, 0.25) is 5.91 Å². The first kappa shape index (κ1) is 19.5. The van der Waals surface area contributed by atoms with E-state index in [0.29, 0.717) is 29.6 Å². The van der Waals surface area contributed by atoms with Crippen molar-refractivity contribution >= 4 is 11.8 Å². The van der Waals surface area contributed by atoms with Gasteiger partial charge in [-0.05, 0) is 63.2 Å². The molecule has 6 heteroatoms. The number of hydrogen-bond acceptors (Lipinski definition) is 3. The van der Waals surface area contributed by atoms with E-state index >= 15 is 0 Å². The van der Waals surface area contributed by atoms with Crippen LogP contribution in [0.3, 0.4) is 0 Å². The lowest BCUT2D eigenvalue weighted by Crippen LogP contribution is -2.41. The number of amides is 2. The van der Waals surface area contributed by atoms with E-state index in [4.69, 9.17) is 0 Å². The van der Waals surface area contributed by atoms with Crippen molar-refractivity contribution in [2.75, 3.05) is 26.2 Å². The van der Waals surface area contributed by atoms with E-state index in [9.17, 15) is 9.59 Å². The topological polar surface area (TPSA) is 58.4 Å². The molecule has 0 radical (unpaired) electrons. The Hall–Kier alpha value is -1.85. The van der Waals surface area contributed by atoms with E-state index in [0.717, 1.165) is 69.5 Å². The van der Waals surface area contributed by atoms with Gasteiger partial charge in [-0.15, -0.1) is 0 Å². The van der Waals surface area contributed by atoms with Crippen molar-refractivity contribution in [1.29, 1.82) is 0 Å². The van der Waals surface area contributed by atoms with Gasteiger partial charge in [0, 0.05) is 44.8 Å². The van der Waals surface area contributed by atoms with E-state index in [-0.39, 0.29) is 5.91 Å². The molecular weight excluding hydrogens is 352 g/mol. The Morgan fingerprint density at radius 2 is 1.61 bits per heavy atom. The van der Waals surface area contributed by atoms with Crippen molar-refractivity contribution in [3.8, 4) is 0 Å². The quantitative estimate of drug-likeness (QED) is 0.803. The number of aromatic nitrogens is 2. The molecule has 1 saturated carbocycles. The Morgan fingerprint density at radius 1 is 1.00 bits per heavy atom. The van der Waals surface area contributed by atoms with E-state index in [2.05, 4.69) is 16.9 Å². The molecule has 0 bridgehead atoms. The molecule has 154 valence electrons. The van der Waals surface area contributed by atoms with Crippen molar-refractivity contribution in [2.24, 2.45) is 30.7 Å². The molecule has 1 aromatic rings.